The van der Waals surface area contributed by atoms with Crippen molar-refractivity contribution in [3.8, 4) is 0 Å². The van der Waals surface area contributed by atoms with E-state index < -0.39 is 11.6 Å². The monoisotopic (exact) mass is 412 g/mol. The summed E-state index contributed by atoms with van der Waals surface area (Å²) in [5, 5.41) is 2.96. The first-order valence-corrected chi connectivity index (χ1v) is 10.6. The molecule has 31 heavy (non-hydrogen) atoms. The number of hydrogen-bond donors (Lipinski definition) is 1. The van der Waals surface area contributed by atoms with Crippen LogP contribution in [0, 0.1) is 0 Å². The summed E-state index contributed by atoms with van der Waals surface area (Å²) < 4.78 is 0. The molecule has 0 saturated carbocycles. The summed E-state index contributed by atoms with van der Waals surface area (Å²) in [6.07, 6.45) is 0. The van der Waals surface area contributed by atoms with Gasteiger partial charge in [-0.3, -0.25) is 9.69 Å². The van der Waals surface area contributed by atoms with Crippen molar-refractivity contribution >= 4 is 11.9 Å². The van der Waals surface area contributed by atoms with Crippen LogP contribution in [0.25, 0.3) is 0 Å². The lowest BCUT2D eigenvalue weighted by Gasteiger charge is -2.28. The van der Waals surface area contributed by atoms with Crippen LogP contribution in [0.3, 0.4) is 0 Å². The number of rotatable bonds is 4. The first-order chi connectivity index (χ1) is 14.7. The van der Waals surface area contributed by atoms with Gasteiger partial charge in [-0.1, -0.05) is 106 Å². The van der Waals surface area contributed by atoms with Gasteiger partial charge in [0.25, 0.3) is 5.91 Å². The van der Waals surface area contributed by atoms with Crippen LogP contribution >= 0.6 is 0 Å². The molecule has 1 heterocycles. The Balaban J connectivity index is 1.75. The highest BCUT2D eigenvalue weighted by molar-refractivity contribution is 6.07. The summed E-state index contributed by atoms with van der Waals surface area (Å²) in [6, 6.07) is 26.4. The van der Waals surface area contributed by atoms with Gasteiger partial charge < -0.3 is 5.32 Å². The predicted molar refractivity (Wildman–Crippen MR) is 123 cm³/mol. The lowest BCUT2D eigenvalue weighted by atomic mass is 9.84. The Morgan fingerprint density at radius 3 is 1.71 bits per heavy atom. The van der Waals surface area contributed by atoms with Gasteiger partial charge in [-0.15, -0.1) is 0 Å². The molecule has 1 N–H and O–H groups in total. The van der Waals surface area contributed by atoms with Crippen LogP contribution < -0.4 is 5.32 Å². The number of nitrogens with zero attached hydrogens (tertiary/aromatic N) is 1. The molecule has 3 aromatic rings. The fraction of sp³-hybridized carbons (Fsp3) is 0.259. The number of imide groups is 1. The largest absolute Gasteiger partial charge is 0.326 e. The molecule has 0 aliphatic carbocycles. The molecular formula is C27H28N2O2. The normalized spacial score (nSPS) is 19.1. The van der Waals surface area contributed by atoms with E-state index in [1.807, 2.05) is 84.9 Å². The minimum Gasteiger partial charge on any atom is -0.319 e. The molecule has 0 radical (unpaired) electrons. The van der Waals surface area contributed by atoms with Crippen molar-refractivity contribution in [3.63, 3.8) is 0 Å². The van der Waals surface area contributed by atoms with E-state index in [9.17, 15) is 9.59 Å². The zero-order chi connectivity index (χ0) is 22.2. The third-order valence-electron chi connectivity index (χ3n) is 6.04. The van der Waals surface area contributed by atoms with Crippen LogP contribution in [0.2, 0.25) is 0 Å². The van der Waals surface area contributed by atoms with Gasteiger partial charge in [-0.05, 0) is 34.6 Å². The molecule has 1 unspecified atom stereocenters. The van der Waals surface area contributed by atoms with E-state index in [1.165, 1.54) is 10.5 Å². The Labute approximate surface area is 183 Å². The summed E-state index contributed by atoms with van der Waals surface area (Å²) in [5.41, 5.74) is 2.64. The number of carbonyl (C=O) groups is 2. The fourth-order valence-corrected chi connectivity index (χ4v) is 4.16. The zero-order valence-corrected chi connectivity index (χ0v) is 18.4. The summed E-state index contributed by atoms with van der Waals surface area (Å²) in [5.74, 6) is -0.251. The van der Waals surface area contributed by atoms with Gasteiger partial charge in [0, 0.05) is 0 Å². The van der Waals surface area contributed by atoms with Crippen LogP contribution in [0.1, 0.15) is 56.0 Å². The van der Waals surface area contributed by atoms with E-state index in [4.69, 9.17) is 0 Å². The van der Waals surface area contributed by atoms with Crippen molar-refractivity contribution < 1.29 is 9.59 Å². The molecule has 0 bridgehead atoms. The molecule has 1 saturated heterocycles. The van der Waals surface area contributed by atoms with Gasteiger partial charge in [-0.25, -0.2) is 4.79 Å². The van der Waals surface area contributed by atoms with Gasteiger partial charge >= 0.3 is 6.03 Å². The Hall–Kier alpha value is -3.40. The quantitative estimate of drug-likeness (QED) is 0.572. The number of urea groups is 1. The second-order valence-electron chi connectivity index (χ2n) is 9.28. The van der Waals surface area contributed by atoms with Crippen molar-refractivity contribution in [2.45, 2.75) is 44.7 Å². The molecule has 158 valence electrons. The average molecular weight is 413 g/mol. The van der Waals surface area contributed by atoms with Crippen molar-refractivity contribution in [2.24, 2.45) is 0 Å². The summed E-state index contributed by atoms with van der Waals surface area (Å²) >= 11 is 0. The fourth-order valence-electron chi connectivity index (χ4n) is 4.16. The third-order valence-corrected chi connectivity index (χ3v) is 6.04. The Morgan fingerprint density at radius 1 is 0.774 bits per heavy atom. The second kappa shape index (κ2) is 7.69. The maximum Gasteiger partial charge on any atom is 0.326 e. The third kappa shape index (κ3) is 3.74. The van der Waals surface area contributed by atoms with Crippen molar-refractivity contribution in [3.05, 3.63) is 107 Å². The van der Waals surface area contributed by atoms with E-state index in [2.05, 4.69) is 26.1 Å². The van der Waals surface area contributed by atoms with E-state index in [1.54, 1.807) is 6.92 Å². The highest BCUT2D eigenvalue weighted by Gasteiger charge is 2.51. The lowest BCUT2D eigenvalue weighted by molar-refractivity contribution is -0.132. The molecular weight excluding hydrogens is 384 g/mol. The molecule has 4 heteroatoms. The lowest BCUT2D eigenvalue weighted by Crippen LogP contribution is -2.41. The van der Waals surface area contributed by atoms with Gasteiger partial charge in [0.05, 0.1) is 6.04 Å². The number of carbonyl (C=O) groups excluding carboxylic acids is 2. The Morgan fingerprint density at radius 2 is 1.26 bits per heavy atom. The Kier molecular flexibility index (Phi) is 5.18. The minimum absolute atomic E-state index is 0.0140. The predicted octanol–water partition coefficient (Wildman–Crippen LogP) is 5.54. The smallest absolute Gasteiger partial charge is 0.319 e. The zero-order valence-electron chi connectivity index (χ0n) is 18.4. The molecule has 1 fully saturated rings. The highest BCUT2D eigenvalue weighted by atomic mass is 16.2. The van der Waals surface area contributed by atoms with Gasteiger partial charge in [0.15, 0.2) is 0 Å². The van der Waals surface area contributed by atoms with Crippen molar-refractivity contribution in [2.75, 3.05) is 0 Å². The second-order valence-corrected chi connectivity index (χ2v) is 9.28. The minimum atomic E-state index is -1.12. The molecule has 1 aliphatic heterocycles. The van der Waals surface area contributed by atoms with Gasteiger partial charge in [0.1, 0.15) is 5.54 Å². The van der Waals surface area contributed by atoms with Crippen molar-refractivity contribution in [1.29, 1.82) is 0 Å². The van der Waals surface area contributed by atoms with Crippen LogP contribution in [0.4, 0.5) is 4.79 Å². The molecule has 0 aromatic heterocycles. The number of amides is 3. The van der Waals surface area contributed by atoms with Crippen LogP contribution in [-0.4, -0.2) is 16.8 Å². The number of benzene rings is 3. The SMILES string of the molecule is CC(C)(C)c1ccc(C2(C)NC(=O)N(C(c3ccccc3)c3ccccc3)C2=O)cc1. The molecule has 0 spiro atoms. The summed E-state index contributed by atoms with van der Waals surface area (Å²) in [4.78, 5) is 28.3. The average Bonchev–Trinajstić information content (AvgIpc) is 2.99. The van der Waals surface area contributed by atoms with Crippen LogP contribution in [0.5, 0.6) is 0 Å². The maximum atomic E-state index is 13.8. The molecule has 4 rings (SSSR count). The maximum absolute atomic E-state index is 13.8. The van der Waals surface area contributed by atoms with E-state index in [0.717, 1.165) is 16.7 Å². The molecule has 3 amide bonds. The standard InChI is InChI=1S/C27H28N2O2/c1-26(2,3)21-15-17-22(18-16-21)27(4)24(30)29(25(31)28-27)23(19-11-7-5-8-12-19)20-13-9-6-10-14-20/h5-18,23H,1-4H3,(H,28,31). The molecule has 1 atom stereocenters. The molecule has 3 aromatic carbocycles. The van der Waals surface area contributed by atoms with Gasteiger partial charge in [-0.2, -0.15) is 0 Å². The first-order valence-electron chi connectivity index (χ1n) is 10.6. The number of nitrogens with one attached hydrogen (secondary N) is 1. The first kappa shape index (κ1) is 20.9. The highest BCUT2D eigenvalue weighted by Crippen LogP contribution is 2.38. The van der Waals surface area contributed by atoms with E-state index in [0.29, 0.717) is 0 Å². The van der Waals surface area contributed by atoms with Crippen molar-refractivity contribution in [1.82, 2.24) is 10.2 Å². The number of hydrogen-bond acceptors (Lipinski definition) is 2. The van der Waals surface area contributed by atoms with E-state index >= 15 is 0 Å². The Bertz CT molecular complexity index is 1050. The molecule has 4 nitrogen and oxygen atoms in total. The van der Waals surface area contributed by atoms with Gasteiger partial charge in [0.2, 0.25) is 0 Å². The summed E-state index contributed by atoms with van der Waals surface area (Å²) in [7, 11) is 0. The molecule has 1 aliphatic rings. The van der Waals surface area contributed by atoms with Crippen LogP contribution in [-0.2, 0) is 15.7 Å². The van der Waals surface area contributed by atoms with Crippen LogP contribution in [0.15, 0.2) is 84.9 Å². The topological polar surface area (TPSA) is 49.4 Å². The summed E-state index contributed by atoms with van der Waals surface area (Å²) in [6.45, 7) is 8.24. The van der Waals surface area contributed by atoms with E-state index in [-0.39, 0.29) is 17.4 Å².